The van der Waals surface area contributed by atoms with Crippen LogP contribution < -0.4 is 0 Å². The highest BCUT2D eigenvalue weighted by Gasteiger charge is 2.25. The summed E-state index contributed by atoms with van der Waals surface area (Å²) in [5.74, 6) is 1.09. The molecule has 0 amide bonds. The lowest BCUT2D eigenvalue weighted by Crippen LogP contribution is -2.10. The van der Waals surface area contributed by atoms with Crippen molar-refractivity contribution in [3.63, 3.8) is 0 Å². The zero-order valence-electron chi connectivity index (χ0n) is 17.9. The second-order valence-electron chi connectivity index (χ2n) is 8.27. The molecule has 0 aliphatic heterocycles. The molecule has 2 heteroatoms. The molecule has 1 unspecified atom stereocenters. The van der Waals surface area contributed by atoms with Crippen LogP contribution in [0.25, 0.3) is 0 Å². The Morgan fingerprint density at radius 3 is 1.74 bits per heavy atom. The van der Waals surface area contributed by atoms with Gasteiger partial charge in [-0.3, -0.25) is 0 Å². The lowest BCUT2D eigenvalue weighted by molar-refractivity contribution is 0.428. The average Bonchev–Trinajstić information content (AvgIpc) is 2.59. The molecule has 0 spiro atoms. The van der Waals surface area contributed by atoms with E-state index < -0.39 is 0 Å². The van der Waals surface area contributed by atoms with E-state index >= 15 is 0 Å². The van der Waals surface area contributed by atoms with Crippen LogP contribution in [-0.2, 0) is 0 Å². The van der Waals surface area contributed by atoms with Crippen molar-refractivity contribution < 1.29 is 10.2 Å². The molecule has 0 aliphatic carbocycles. The van der Waals surface area contributed by atoms with Crippen LogP contribution in [0.3, 0.4) is 0 Å². The summed E-state index contributed by atoms with van der Waals surface area (Å²) < 4.78 is 0. The first-order valence-electron chi connectivity index (χ1n) is 9.86. The minimum absolute atomic E-state index is 0.0399. The predicted molar refractivity (Wildman–Crippen MR) is 115 cm³/mol. The number of allylic oxidation sites excluding steroid dienone is 2. The summed E-state index contributed by atoms with van der Waals surface area (Å²) in [5.41, 5.74) is 7.23. The van der Waals surface area contributed by atoms with E-state index in [2.05, 4.69) is 52.8 Å². The monoisotopic (exact) mass is 366 g/mol. The van der Waals surface area contributed by atoms with Gasteiger partial charge in [0.2, 0.25) is 0 Å². The Morgan fingerprint density at radius 2 is 1.33 bits per heavy atom. The molecule has 2 aromatic rings. The van der Waals surface area contributed by atoms with E-state index in [1.807, 2.05) is 26.0 Å². The van der Waals surface area contributed by atoms with Gasteiger partial charge in [-0.15, -0.1) is 0 Å². The van der Waals surface area contributed by atoms with Crippen LogP contribution in [0.2, 0.25) is 0 Å². The van der Waals surface area contributed by atoms with Gasteiger partial charge in [-0.1, -0.05) is 54.0 Å². The van der Waals surface area contributed by atoms with Gasteiger partial charge < -0.3 is 10.2 Å². The van der Waals surface area contributed by atoms with E-state index in [9.17, 15) is 10.2 Å². The lowest BCUT2D eigenvalue weighted by atomic mass is 9.79. The van der Waals surface area contributed by atoms with Gasteiger partial charge in [0.05, 0.1) is 0 Å². The Morgan fingerprint density at radius 1 is 0.889 bits per heavy atom. The Bertz CT molecular complexity index is 788. The molecule has 2 nitrogen and oxygen atoms in total. The van der Waals surface area contributed by atoms with E-state index in [0.29, 0.717) is 17.4 Å². The molecular formula is C25H34O2. The number of hydrogen-bond acceptors (Lipinski definition) is 2. The number of phenols is 2. The number of hydrogen-bond donors (Lipinski definition) is 2. The number of aromatic hydroxyl groups is 2. The zero-order chi connectivity index (χ0) is 20.3. The van der Waals surface area contributed by atoms with Gasteiger partial charge in [-0.2, -0.15) is 0 Å². The van der Waals surface area contributed by atoms with Crippen molar-refractivity contribution in [2.24, 2.45) is 5.92 Å². The molecule has 146 valence electrons. The summed E-state index contributed by atoms with van der Waals surface area (Å²) in [7, 11) is 0. The second-order valence-corrected chi connectivity index (χ2v) is 8.27. The van der Waals surface area contributed by atoms with Gasteiger partial charge in [0.25, 0.3) is 0 Å². The van der Waals surface area contributed by atoms with Crippen LogP contribution in [0.1, 0.15) is 72.9 Å². The fourth-order valence-electron chi connectivity index (χ4n) is 4.09. The Balaban J connectivity index is 2.60. The van der Waals surface area contributed by atoms with Gasteiger partial charge in [-0.05, 0) is 71.4 Å². The molecule has 0 bridgehead atoms. The van der Waals surface area contributed by atoms with Crippen LogP contribution in [-0.4, -0.2) is 10.2 Å². The van der Waals surface area contributed by atoms with Crippen molar-refractivity contribution >= 4 is 0 Å². The van der Waals surface area contributed by atoms with E-state index in [0.717, 1.165) is 46.2 Å². The van der Waals surface area contributed by atoms with Crippen molar-refractivity contribution in [2.45, 2.75) is 67.2 Å². The number of rotatable bonds is 6. The molecule has 27 heavy (non-hydrogen) atoms. The maximum absolute atomic E-state index is 10.8. The van der Waals surface area contributed by atoms with Gasteiger partial charge in [0.15, 0.2) is 0 Å². The Labute approximate surface area is 164 Å². The molecule has 1 atom stereocenters. The molecule has 2 aromatic carbocycles. The first-order valence-corrected chi connectivity index (χ1v) is 9.86. The van der Waals surface area contributed by atoms with Gasteiger partial charge >= 0.3 is 0 Å². The average molecular weight is 367 g/mol. The fraction of sp³-hybridized carbons (Fsp3) is 0.440. The Hall–Kier alpha value is -2.22. The normalized spacial score (nSPS) is 13.3. The van der Waals surface area contributed by atoms with Crippen LogP contribution in [0.15, 0.2) is 35.9 Å². The van der Waals surface area contributed by atoms with E-state index in [1.165, 1.54) is 5.57 Å². The predicted octanol–water partition coefficient (Wildman–Crippen LogP) is 6.85. The van der Waals surface area contributed by atoms with E-state index in [4.69, 9.17) is 0 Å². The first kappa shape index (κ1) is 21.1. The maximum Gasteiger partial charge on any atom is 0.122 e. The number of benzene rings is 2. The number of phenolic OH excluding ortho intramolecular Hbond substituents is 2. The summed E-state index contributed by atoms with van der Waals surface area (Å²) >= 11 is 0. The van der Waals surface area contributed by atoms with Crippen molar-refractivity contribution in [3.05, 3.63) is 69.3 Å². The smallest absolute Gasteiger partial charge is 0.122 e. The highest BCUT2D eigenvalue weighted by molar-refractivity contribution is 5.53. The fourth-order valence-corrected chi connectivity index (χ4v) is 4.09. The Kier molecular flexibility index (Phi) is 6.75. The molecule has 0 saturated carbocycles. The zero-order valence-corrected chi connectivity index (χ0v) is 17.9. The van der Waals surface area contributed by atoms with Crippen molar-refractivity contribution in [1.82, 2.24) is 0 Å². The molecule has 0 radical (unpaired) electrons. The summed E-state index contributed by atoms with van der Waals surface area (Å²) in [4.78, 5) is 0. The minimum Gasteiger partial charge on any atom is -0.507 e. The quantitative estimate of drug-likeness (QED) is 0.549. The van der Waals surface area contributed by atoms with Crippen molar-refractivity contribution in [2.75, 3.05) is 0 Å². The molecule has 2 N–H and O–H groups in total. The number of aryl methyl sites for hydroxylation is 4. The highest BCUT2D eigenvalue weighted by Crippen LogP contribution is 2.43. The largest absolute Gasteiger partial charge is 0.507 e. The maximum atomic E-state index is 10.8. The van der Waals surface area contributed by atoms with Crippen LogP contribution in [0.5, 0.6) is 11.5 Å². The van der Waals surface area contributed by atoms with E-state index in [1.54, 1.807) is 0 Å². The highest BCUT2D eigenvalue weighted by atomic mass is 16.3. The molecule has 0 aliphatic rings. The lowest BCUT2D eigenvalue weighted by Gasteiger charge is -2.26. The van der Waals surface area contributed by atoms with Crippen LogP contribution >= 0.6 is 0 Å². The SMILES string of the molecule is CC=C(C)CC(C)CC(c1cc(C)cc(C)c1O)c1cc(C)cc(C)c1O. The van der Waals surface area contributed by atoms with Crippen LogP contribution in [0.4, 0.5) is 0 Å². The third kappa shape index (κ3) is 4.94. The molecular weight excluding hydrogens is 332 g/mol. The summed E-state index contributed by atoms with van der Waals surface area (Å²) in [5, 5.41) is 21.7. The summed E-state index contributed by atoms with van der Waals surface area (Å²) in [6.07, 6.45) is 4.05. The summed E-state index contributed by atoms with van der Waals surface area (Å²) in [6.45, 7) is 14.5. The third-order valence-electron chi connectivity index (χ3n) is 5.50. The molecule has 0 heterocycles. The topological polar surface area (TPSA) is 40.5 Å². The third-order valence-corrected chi connectivity index (χ3v) is 5.50. The van der Waals surface area contributed by atoms with E-state index in [-0.39, 0.29) is 5.92 Å². The first-order chi connectivity index (χ1) is 12.6. The van der Waals surface area contributed by atoms with Gasteiger partial charge in [0, 0.05) is 17.0 Å². The molecule has 2 rings (SSSR count). The minimum atomic E-state index is -0.0399. The van der Waals surface area contributed by atoms with Gasteiger partial charge in [0.1, 0.15) is 11.5 Å². The molecule has 0 saturated heterocycles. The molecule has 0 aromatic heterocycles. The second kappa shape index (κ2) is 8.65. The van der Waals surface area contributed by atoms with Gasteiger partial charge in [-0.25, -0.2) is 0 Å². The van der Waals surface area contributed by atoms with Crippen molar-refractivity contribution in [1.29, 1.82) is 0 Å². The standard InChI is InChI=1S/C25H34O2/c1-8-15(2)9-16(3)12-21(22-13-17(4)10-19(6)24(22)26)23-14-18(5)11-20(7)25(23)27/h8,10-11,13-14,16,21,26-27H,9,12H2,1-7H3. The summed E-state index contributed by atoms with van der Waals surface area (Å²) in [6, 6.07) is 8.15. The van der Waals surface area contributed by atoms with Crippen LogP contribution in [0, 0.1) is 33.6 Å². The molecule has 0 fully saturated rings. The van der Waals surface area contributed by atoms with Crippen molar-refractivity contribution in [3.8, 4) is 11.5 Å².